The second-order valence-corrected chi connectivity index (χ2v) is 8.01. The van der Waals surface area contributed by atoms with E-state index in [0.29, 0.717) is 10.9 Å². The Hall–Kier alpha value is -0.670. The van der Waals surface area contributed by atoms with Gasteiger partial charge in [-0.2, -0.15) is 0 Å². The van der Waals surface area contributed by atoms with Crippen LogP contribution in [0.3, 0.4) is 0 Å². The predicted molar refractivity (Wildman–Crippen MR) is 86.6 cm³/mol. The lowest BCUT2D eigenvalue weighted by molar-refractivity contribution is 0.314. The predicted octanol–water partition coefficient (Wildman–Crippen LogP) is 3.14. The van der Waals surface area contributed by atoms with E-state index in [0.717, 1.165) is 10.6 Å². The molecule has 2 N–H and O–H groups in total. The number of sulfonamides is 1. The molecule has 0 aliphatic carbocycles. The van der Waals surface area contributed by atoms with Crippen LogP contribution in [0.1, 0.15) is 10.6 Å². The molecule has 0 spiro atoms. The van der Waals surface area contributed by atoms with Gasteiger partial charge in [0.2, 0.25) is 10.0 Å². The maximum atomic E-state index is 11.6. The van der Waals surface area contributed by atoms with Crippen LogP contribution in [0.5, 0.6) is 5.75 Å². The van der Waals surface area contributed by atoms with Crippen molar-refractivity contribution in [2.75, 3.05) is 6.61 Å². The van der Waals surface area contributed by atoms with E-state index in [9.17, 15) is 8.42 Å². The number of nitrogens with two attached hydrogens (primary N) is 1. The molecule has 1 aromatic carbocycles. The number of nitrogens with zero attached hydrogens (tertiary/aromatic N) is 1. The van der Waals surface area contributed by atoms with Crippen molar-refractivity contribution in [2.24, 2.45) is 5.14 Å². The molecule has 9 heteroatoms. The molecule has 1 aromatic heterocycles. The zero-order chi connectivity index (χ0) is 15.6. The molecular weight excluding hydrogens is 400 g/mol. The first-order valence-electron chi connectivity index (χ1n) is 5.82. The number of hydrogen-bond donors (Lipinski definition) is 1. The summed E-state index contributed by atoms with van der Waals surface area (Å²) >= 11 is 10.8. The van der Waals surface area contributed by atoms with Crippen LogP contribution in [-0.2, 0) is 16.4 Å². The van der Waals surface area contributed by atoms with E-state index in [-0.39, 0.29) is 22.3 Å². The van der Waals surface area contributed by atoms with Crippen molar-refractivity contribution in [1.29, 1.82) is 0 Å². The molecule has 5 nitrogen and oxygen atoms in total. The Labute approximate surface area is 140 Å². The second kappa shape index (κ2) is 6.62. The summed E-state index contributed by atoms with van der Waals surface area (Å²) in [7, 11) is -3.92. The minimum atomic E-state index is -3.92. The fourth-order valence-corrected chi connectivity index (χ4v) is 4.25. The van der Waals surface area contributed by atoms with Gasteiger partial charge in [0.05, 0.1) is 22.8 Å². The van der Waals surface area contributed by atoms with E-state index < -0.39 is 10.0 Å². The maximum absolute atomic E-state index is 11.6. The Balaban J connectivity index is 2.22. The third-order valence-electron chi connectivity index (χ3n) is 2.70. The van der Waals surface area contributed by atoms with Crippen LogP contribution in [-0.4, -0.2) is 20.0 Å². The molecule has 0 saturated carbocycles. The van der Waals surface area contributed by atoms with Crippen molar-refractivity contribution in [3.63, 3.8) is 0 Å². The van der Waals surface area contributed by atoms with Gasteiger partial charge in [-0.1, -0.05) is 27.5 Å². The molecule has 0 fully saturated rings. The van der Waals surface area contributed by atoms with Crippen molar-refractivity contribution < 1.29 is 13.2 Å². The summed E-state index contributed by atoms with van der Waals surface area (Å²) < 4.78 is 29.3. The highest BCUT2D eigenvalue weighted by molar-refractivity contribution is 9.10. The Bertz CT molecular complexity index is 762. The summed E-state index contributed by atoms with van der Waals surface area (Å²) in [6.45, 7) is 2.20. The van der Waals surface area contributed by atoms with Gasteiger partial charge < -0.3 is 4.74 Å². The minimum absolute atomic E-state index is 0.0736. The SMILES string of the molecule is Cc1ncsc1CCOc1c(Cl)cc(Br)cc1S(N)(=O)=O. The molecule has 0 atom stereocenters. The molecule has 1 heterocycles. The number of rotatable bonds is 5. The number of thiazole rings is 1. The molecule has 0 radical (unpaired) electrons. The molecule has 0 aliphatic rings. The van der Waals surface area contributed by atoms with Crippen molar-refractivity contribution in [3.05, 3.63) is 37.7 Å². The number of aromatic nitrogens is 1. The zero-order valence-corrected chi connectivity index (χ0v) is 14.9. The summed E-state index contributed by atoms with van der Waals surface area (Å²) in [5.74, 6) is 0.0736. The average molecular weight is 412 g/mol. The Morgan fingerprint density at radius 2 is 2.19 bits per heavy atom. The van der Waals surface area contributed by atoms with Gasteiger partial charge in [0.25, 0.3) is 0 Å². The highest BCUT2D eigenvalue weighted by atomic mass is 79.9. The first-order chi connectivity index (χ1) is 9.79. The Kier molecular flexibility index (Phi) is 5.26. The number of primary sulfonamides is 1. The molecule has 0 saturated heterocycles. The highest BCUT2D eigenvalue weighted by Gasteiger charge is 2.19. The molecule has 2 rings (SSSR count). The standard InChI is InChI=1S/C12H12BrClN2O3S2/c1-7-10(20-6-16-7)2-3-19-12-9(14)4-8(13)5-11(12)21(15,17)18/h4-6H,2-3H2,1H3,(H2,15,17,18). The molecule has 0 amide bonds. The number of benzene rings is 1. The van der Waals surface area contributed by atoms with Crippen molar-refractivity contribution >= 4 is 48.9 Å². The lowest BCUT2D eigenvalue weighted by Gasteiger charge is -2.12. The van der Waals surface area contributed by atoms with E-state index in [1.54, 1.807) is 11.6 Å². The normalized spacial score (nSPS) is 11.6. The van der Waals surface area contributed by atoms with Crippen LogP contribution in [0.15, 0.2) is 27.0 Å². The molecule has 0 aliphatic heterocycles. The van der Waals surface area contributed by atoms with Gasteiger partial charge in [-0.05, 0) is 19.1 Å². The van der Waals surface area contributed by atoms with Gasteiger partial charge in [-0.3, -0.25) is 0 Å². The van der Waals surface area contributed by atoms with Crippen LogP contribution in [0.4, 0.5) is 0 Å². The van der Waals surface area contributed by atoms with Crippen LogP contribution < -0.4 is 9.88 Å². The largest absolute Gasteiger partial charge is 0.490 e. The smallest absolute Gasteiger partial charge is 0.241 e. The molecule has 2 aromatic rings. The number of aryl methyl sites for hydroxylation is 1. The van der Waals surface area contributed by atoms with E-state index >= 15 is 0 Å². The van der Waals surface area contributed by atoms with E-state index in [4.69, 9.17) is 21.5 Å². The minimum Gasteiger partial charge on any atom is -0.490 e. The molecule has 21 heavy (non-hydrogen) atoms. The van der Waals surface area contributed by atoms with E-state index in [1.807, 2.05) is 6.92 Å². The zero-order valence-electron chi connectivity index (χ0n) is 11.0. The number of hydrogen-bond acceptors (Lipinski definition) is 5. The molecule has 0 bridgehead atoms. The number of halogens is 2. The lowest BCUT2D eigenvalue weighted by Crippen LogP contribution is -2.15. The summed E-state index contributed by atoms with van der Waals surface area (Å²) in [4.78, 5) is 5.09. The quantitative estimate of drug-likeness (QED) is 0.819. The molecule has 0 unspecified atom stereocenters. The summed E-state index contributed by atoms with van der Waals surface area (Å²) in [5, 5.41) is 5.38. The second-order valence-electron chi connectivity index (χ2n) is 4.22. The highest BCUT2D eigenvalue weighted by Crippen LogP contribution is 2.35. The first kappa shape index (κ1) is 16.7. The van der Waals surface area contributed by atoms with Gasteiger partial charge >= 0.3 is 0 Å². The topological polar surface area (TPSA) is 82.3 Å². The molecule has 114 valence electrons. The van der Waals surface area contributed by atoms with Crippen molar-refractivity contribution in [2.45, 2.75) is 18.2 Å². The van der Waals surface area contributed by atoms with Gasteiger partial charge in [-0.15, -0.1) is 11.3 Å². The molecular formula is C12H12BrClN2O3S2. The Morgan fingerprint density at radius 3 is 2.76 bits per heavy atom. The van der Waals surface area contributed by atoms with Crippen LogP contribution in [0.25, 0.3) is 0 Å². The Morgan fingerprint density at radius 1 is 1.48 bits per heavy atom. The first-order valence-corrected chi connectivity index (χ1v) is 9.42. The summed E-state index contributed by atoms with van der Waals surface area (Å²) in [6.07, 6.45) is 0.618. The monoisotopic (exact) mass is 410 g/mol. The fourth-order valence-electron chi connectivity index (χ4n) is 1.70. The summed E-state index contributed by atoms with van der Waals surface area (Å²) in [5.41, 5.74) is 2.70. The van der Waals surface area contributed by atoms with Gasteiger partial charge in [-0.25, -0.2) is 18.5 Å². The lowest BCUT2D eigenvalue weighted by atomic mass is 10.3. The number of ether oxygens (including phenoxy) is 1. The summed E-state index contributed by atoms with van der Waals surface area (Å²) in [6, 6.07) is 2.93. The third kappa shape index (κ3) is 4.17. The van der Waals surface area contributed by atoms with E-state index in [2.05, 4.69) is 20.9 Å². The third-order valence-corrected chi connectivity index (χ3v) is 5.35. The fraction of sp³-hybridized carbons (Fsp3) is 0.250. The average Bonchev–Trinajstić information content (AvgIpc) is 2.76. The van der Waals surface area contributed by atoms with Gasteiger partial charge in [0.15, 0.2) is 5.75 Å². The van der Waals surface area contributed by atoms with Crippen LogP contribution in [0, 0.1) is 6.92 Å². The maximum Gasteiger partial charge on any atom is 0.241 e. The van der Waals surface area contributed by atoms with Gasteiger partial charge in [0.1, 0.15) is 4.90 Å². The van der Waals surface area contributed by atoms with Crippen LogP contribution in [0.2, 0.25) is 5.02 Å². The van der Waals surface area contributed by atoms with E-state index in [1.165, 1.54) is 17.4 Å². The van der Waals surface area contributed by atoms with Crippen LogP contribution >= 0.6 is 38.9 Å². The van der Waals surface area contributed by atoms with Crippen molar-refractivity contribution in [1.82, 2.24) is 4.98 Å². The van der Waals surface area contributed by atoms with Crippen molar-refractivity contribution in [3.8, 4) is 5.75 Å². The van der Waals surface area contributed by atoms with Gasteiger partial charge in [0, 0.05) is 15.8 Å².